The molecule has 5 nitrogen and oxygen atoms in total. The third-order valence-electron chi connectivity index (χ3n) is 3.25. The van der Waals surface area contributed by atoms with Gasteiger partial charge in [-0.3, -0.25) is 9.52 Å². The molecule has 7 heteroatoms. The molecule has 0 heterocycles. The van der Waals surface area contributed by atoms with Crippen LogP contribution in [0, 0.1) is 12.7 Å². The van der Waals surface area contributed by atoms with E-state index in [2.05, 4.69) is 4.72 Å². The van der Waals surface area contributed by atoms with Gasteiger partial charge in [-0.25, -0.2) is 12.8 Å². The molecule has 0 aromatic heterocycles. The van der Waals surface area contributed by atoms with E-state index in [1.54, 1.807) is 27.1 Å². The van der Waals surface area contributed by atoms with Crippen molar-refractivity contribution in [3.05, 3.63) is 59.4 Å². The van der Waals surface area contributed by atoms with Gasteiger partial charge in [-0.15, -0.1) is 0 Å². The number of halogens is 1. The van der Waals surface area contributed by atoms with Crippen molar-refractivity contribution < 1.29 is 17.6 Å². The van der Waals surface area contributed by atoms with Crippen molar-refractivity contribution in [1.82, 2.24) is 4.90 Å². The third kappa shape index (κ3) is 3.87. The maximum Gasteiger partial charge on any atom is 0.261 e. The lowest BCUT2D eigenvalue weighted by Gasteiger charge is -2.14. The molecule has 0 aliphatic rings. The van der Waals surface area contributed by atoms with Crippen LogP contribution in [0.1, 0.15) is 15.9 Å². The number of nitrogens with zero attached hydrogens (tertiary/aromatic N) is 1. The van der Waals surface area contributed by atoms with Crippen molar-refractivity contribution in [2.45, 2.75) is 11.8 Å². The molecule has 1 N–H and O–H groups in total. The topological polar surface area (TPSA) is 66.5 Å². The summed E-state index contributed by atoms with van der Waals surface area (Å²) in [6.07, 6.45) is 0. The highest BCUT2D eigenvalue weighted by molar-refractivity contribution is 7.92. The number of hydrogen-bond acceptors (Lipinski definition) is 3. The molecule has 23 heavy (non-hydrogen) atoms. The molecule has 2 aromatic rings. The maximum atomic E-state index is 12.9. The predicted molar refractivity (Wildman–Crippen MR) is 86.4 cm³/mol. The molecule has 0 atom stereocenters. The molecule has 0 aliphatic heterocycles. The Morgan fingerprint density at radius 3 is 2.26 bits per heavy atom. The van der Waals surface area contributed by atoms with Gasteiger partial charge >= 0.3 is 0 Å². The molecule has 2 rings (SSSR count). The van der Waals surface area contributed by atoms with Crippen LogP contribution in [0.2, 0.25) is 0 Å². The molecule has 0 unspecified atom stereocenters. The standard InChI is InChI=1S/C16H17FN2O3S/c1-11-4-9-14(10-15(11)16(20)19(2)3)23(21,22)18-13-7-5-12(17)6-8-13/h4-10,18H,1-3H3. The lowest BCUT2D eigenvalue weighted by molar-refractivity contribution is 0.0826. The Morgan fingerprint density at radius 2 is 1.70 bits per heavy atom. The fourth-order valence-electron chi connectivity index (χ4n) is 1.97. The van der Waals surface area contributed by atoms with Crippen molar-refractivity contribution in [2.75, 3.05) is 18.8 Å². The van der Waals surface area contributed by atoms with Crippen LogP contribution in [0.4, 0.5) is 10.1 Å². The van der Waals surface area contributed by atoms with Gasteiger partial charge in [0.25, 0.3) is 15.9 Å². The number of amides is 1. The van der Waals surface area contributed by atoms with Gasteiger partial charge in [-0.05, 0) is 48.9 Å². The van der Waals surface area contributed by atoms with Crippen molar-refractivity contribution in [1.29, 1.82) is 0 Å². The number of hydrogen-bond donors (Lipinski definition) is 1. The number of nitrogens with one attached hydrogen (secondary N) is 1. The molecule has 0 saturated heterocycles. The molecule has 122 valence electrons. The Hall–Kier alpha value is -2.41. The van der Waals surface area contributed by atoms with Crippen molar-refractivity contribution in [3.8, 4) is 0 Å². The Balaban J connectivity index is 2.38. The first-order valence-corrected chi connectivity index (χ1v) is 8.30. The van der Waals surface area contributed by atoms with E-state index >= 15 is 0 Å². The van der Waals surface area contributed by atoms with E-state index < -0.39 is 15.8 Å². The zero-order chi connectivity index (χ0) is 17.2. The Kier molecular flexibility index (Phi) is 4.70. The number of rotatable bonds is 4. The second-order valence-electron chi connectivity index (χ2n) is 5.29. The molecule has 0 saturated carbocycles. The van der Waals surface area contributed by atoms with Gasteiger partial charge in [-0.2, -0.15) is 0 Å². The quantitative estimate of drug-likeness (QED) is 0.933. The third-order valence-corrected chi connectivity index (χ3v) is 4.63. The lowest BCUT2D eigenvalue weighted by atomic mass is 10.1. The minimum Gasteiger partial charge on any atom is -0.345 e. The normalized spacial score (nSPS) is 11.1. The number of carbonyl (C=O) groups excluding carboxylic acids is 1. The molecular weight excluding hydrogens is 319 g/mol. The first kappa shape index (κ1) is 17.0. The van der Waals surface area contributed by atoms with Crippen LogP contribution < -0.4 is 4.72 Å². The van der Waals surface area contributed by atoms with Crippen LogP contribution >= 0.6 is 0 Å². The molecule has 0 fully saturated rings. The Morgan fingerprint density at radius 1 is 1.09 bits per heavy atom. The van der Waals surface area contributed by atoms with Crippen LogP contribution in [0.5, 0.6) is 0 Å². The van der Waals surface area contributed by atoms with E-state index in [1.807, 2.05) is 0 Å². The first-order valence-electron chi connectivity index (χ1n) is 6.81. The maximum absolute atomic E-state index is 12.9. The fourth-order valence-corrected chi connectivity index (χ4v) is 3.06. The summed E-state index contributed by atoms with van der Waals surface area (Å²) >= 11 is 0. The van der Waals surface area contributed by atoms with Gasteiger partial charge in [0.05, 0.1) is 4.90 Å². The summed E-state index contributed by atoms with van der Waals surface area (Å²) in [5, 5.41) is 0. The highest BCUT2D eigenvalue weighted by Crippen LogP contribution is 2.20. The number of carbonyl (C=O) groups is 1. The summed E-state index contributed by atoms with van der Waals surface area (Å²) in [6.45, 7) is 1.74. The van der Waals surface area contributed by atoms with Crippen LogP contribution in [-0.4, -0.2) is 33.3 Å². The molecule has 0 aliphatic carbocycles. The largest absolute Gasteiger partial charge is 0.345 e. The van der Waals surface area contributed by atoms with Crippen molar-refractivity contribution in [2.24, 2.45) is 0 Å². The predicted octanol–water partition coefficient (Wildman–Crippen LogP) is 2.64. The van der Waals surface area contributed by atoms with E-state index in [4.69, 9.17) is 0 Å². The molecule has 0 bridgehead atoms. The smallest absolute Gasteiger partial charge is 0.261 e. The van der Waals surface area contributed by atoms with Crippen molar-refractivity contribution >= 4 is 21.6 Å². The zero-order valence-electron chi connectivity index (χ0n) is 13.0. The molecule has 0 spiro atoms. The highest BCUT2D eigenvalue weighted by Gasteiger charge is 2.19. The van der Waals surface area contributed by atoms with Gasteiger partial charge < -0.3 is 4.90 Å². The second kappa shape index (κ2) is 6.37. The molecular formula is C16H17FN2O3S. The lowest BCUT2D eigenvalue weighted by Crippen LogP contribution is -2.23. The summed E-state index contributed by atoms with van der Waals surface area (Å²) < 4.78 is 40.1. The van der Waals surface area contributed by atoms with E-state index in [0.717, 1.165) is 12.1 Å². The van der Waals surface area contributed by atoms with Crippen LogP contribution in [0.3, 0.4) is 0 Å². The summed E-state index contributed by atoms with van der Waals surface area (Å²) in [6, 6.07) is 9.31. The summed E-state index contributed by atoms with van der Waals surface area (Å²) in [5.74, 6) is -0.733. The van der Waals surface area contributed by atoms with Crippen LogP contribution in [0.25, 0.3) is 0 Å². The molecule has 1 amide bonds. The van der Waals surface area contributed by atoms with E-state index in [-0.39, 0.29) is 16.5 Å². The first-order chi connectivity index (χ1) is 10.7. The monoisotopic (exact) mass is 336 g/mol. The summed E-state index contributed by atoms with van der Waals surface area (Å²) in [5.41, 5.74) is 1.24. The van der Waals surface area contributed by atoms with E-state index in [0.29, 0.717) is 11.1 Å². The van der Waals surface area contributed by atoms with Gasteiger partial charge in [0.1, 0.15) is 5.82 Å². The van der Waals surface area contributed by atoms with E-state index in [1.165, 1.54) is 29.2 Å². The average Bonchev–Trinajstić information content (AvgIpc) is 2.49. The SMILES string of the molecule is Cc1ccc(S(=O)(=O)Nc2ccc(F)cc2)cc1C(=O)N(C)C. The van der Waals surface area contributed by atoms with Gasteiger partial charge in [-0.1, -0.05) is 6.07 Å². The highest BCUT2D eigenvalue weighted by atomic mass is 32.2. The average molecular weight is 336 g/mol. The second-order valence-corrected chi connectivity index (χ2v) is 6.97. The fraction of sp³-hybridized carbons (Fsp3) is 0.188. The number of aryl methyl sites for hydroxylation is 1. The molecule has 2 aromatic carbocycles. The minimum atomic E-state index is -3.87. The van der Waals surface area contributed by atoms with Crippen molar-refractivity contribution in [3.63, 3.8) is 0 Å². The summed E-state index contributed by atoms with van der Waals surface area (Å²) in [7, 11) is -0.674. The van der Waals surface area contributed by atoms with Gasteiger partial charge in [0, 0.05) is 25.3 Å². The van der Waals surface area contributed by atoms with Gasteiger partial charge in [0.15, 0.2) is 0 Å². The number of anilines is 1. The minimum absolute atomic E-state index is 0.0300. The number of sulfonamides is 1. The van der Waals surface area contributed by atoms with Gasteiger partial charge in [0.2, 0.25) is 0 Å². The summed E-state index contributed by atoms with van der Waals surface area (Å²) in [4.78, 5) is 13.5. The van der Waals surface area contributed by atoms with E-state index in [9.17, 15) is 17.6 Å². The Labute approximate surface area is 134 Å². The number of benzene rings is 2. The zero-order valence-corrected chi connectivity index (χ0v) is 13.8. The Bertz CT molecular complexity index is 831. The van der Waals surface area contributed by atoms with Crippen LogP contribution in [-0.2, 0) is 10.0 Å². The molecule has 0 radical (unpaired) electrons. The van der Waals surface area contributed by atoms with Crippen LogP contribution in [0.15, 0.2) is 47.4 Å².